The average Bonchev–Trinajstić information content (AvgIpc) is 2.90. The van der Waals surface area contributed by atoms with E-state index >= 15 is 0 Å². The monoisotopic (exact) mass is 284 g/mol. The lowest BCUT2D eigenvalue weighted by molar-refractivity contribution is -0.137. The molecule has 0 aliphatic rings. The van der Waals surface area contributed by atoms with E-state index in [1.807, 2.05) is 0 Å². The Kier molecular flexibility index (Phi) is 3.44. The first-order valence-electron chi connectivity index (χ1n) is 5.61. The number of furan rings is 1. The molecule has 0 spiro atoms. The second-order valence-corrected chi connectivity index (χ2v) is 4.04. The Morgan fingerprint density at radius 3 is 2.55 bits per heavy atom. The van der Waals surface area contributed by atoms with Crippen LogP contribution in [0.5, 0.6) is 0 Å². The first kappa shape index (κ1) is 14.0. The first-order chi connectivity index (χ1) is 9.34. The summed E-state index contributed by atoms with van der Waals surface area (Å²) in [6.07, 6.45) is -3.34. The van der Waals surface area contributed by atoms with E-state index in [1.54, 1.807) is 0 Å². The van der Waals surface area contributed by atoms with Gasteiger partial charge in [0.2, 0.25) is 0 Å². The Bertz CT molecular complexity index is 634. The molecule has 1 amide bonds. The number of anilines is 1. The van der Waals surface area contributed by atoms with Gasteiger partial charge in [-0.3, -0.25) is 4.79 Å². The summed E-state index contributed by atoms with van der Waals surface area (Å²) >= 11 is 0. The maximum atomic E-state index is 13.0. The highest BCUT2D eigenvalue weighted by molar-refractivity contribution is 6.00. The minimum atomic E-state index is -4.60. The number of alkyl halides is 3. The highest BCUT2D eigenvalue weighted by atomic mass is 19.4. The SMILES string of the molecule is CNC(=O)c1cc(-c2ccco2)c(C(F)(F)F)cc1N. The number of carbonyl (C=O) groups is 1. The molecule has 1 heterocycles. The molecule has 0 saturated heterocycles. The summed E-state index contributed by atoms with van der Waals surface area (Å²) in [5.74, 6) is -0.550. The minimum Gasteiger partial charge on any atom is -0.464 e. The van der Waals surface area contributed by atoms with E-state index in [-0.39, 0.29) is 22.6 Å². The van der Waals surface area contributed by atoms with Crippen molar-refractivity contribution in [1.29, 1.82) is 0 Å². The summed E-state index contributed by atoms with van der Waals surface area (Å²) in [4.78, 5) is 11.6. The summed E-state index contributed by atoms with van der Waals surface area (Å²) in [5.41, 5.74) is 4.07. The predicted octanol–water partition coefficient (Wildman–Crippen LogP) is 2.91. The topological polar surface area (TPSA) is 68.3 Å². The number of hydrogen-bond donors (Lipinski definition) is 2. The Morgan fingerprint density at radius 1 is 1.35 bits per heavy atom. The van der Waals surface area contributed by atoms with Gasteiger partial charge in [-0.1, -0.05) is 0 Å². The van der Waals surface area contributed by atoms with Gasteiger partial charge in [0.05, 0.1) is 17.4 Å². The summed E-state index contributed by atoms with van der Waals surface area (Å²) < 4.78 is 44.1. The third-order valence-corrected chi connectivity index (χ3v) is 2.75. The summed E-state index contributed by atoms with van der Waals surface area (Å²) in [5, 5.41) is 2.32. The normalized spacial score (nSPS) is 11.4. The summed E-state index contributed by atoms with van der Waals surface area (Å²) in [6.45, 7) is 0. The smallest absolute Gasteiger partial charge is 0.417 e. The molecule has 2 aromatic rings. The molecule has 3 N–H and O–H groups in total. The highest BCUT2D eigenvalue weighted by Gasteiger charge is 2.35. The Balaban J connectivity index is 2.71. The molecular formula is C13H11F3N2O2. The molecule has 0 aliphatic carbocycles. The van der Waals surface area contributed by atoms with Crippen molar-refractivity contribution in [2.75, 3.05) is 12.8 Å². The van der Waals surface area contributed by atoms with Gasteiger partial charge < -0.3 is 15.5 Å². The van der Waals surface area contributed by atoms with Crippen molar-refractivity contribution in [2.45, 2.75) is 6.18 Å². The zero-order valence-corrected chi connectivity index (χ0v) is 10.4. The van der Waals surface area contributed by atoms with Crippen molar-refractivity contribution in [3.8, 4) is 11.3 Å². The molecule has 4 nitrogen and oxygen atoms in total. The van der Waals surface area contributed by atoms with Crippen LogP contribution in [0.2, 0.25) is 0 Å². The molecule has 0 aliphatic heterocycles. The van der Waals surface area contributed by atoms with Crippen molar-refractivity contribution < 1.29 is 22.4 Å². The fraction of sp³-hybridized carbons (Fsp3) is 0.154. The number of rotatable bonds is 2. The minimum absolute atomic E-state index is 0.0162. The Labute approximate surface area is 112 Å². The Hall–Kier alpha value is -2.44. The molecule has 0 fully saturated rings. The lowest BCUT2D eigenvalue weighted by Gasteiger charge is -2.14. The quantitative estimate of drug-likeness (QED) is 0.833. The molecule has 7 heteroatoms. The summed E-state index contributed by atoms with van der Waals surface area (Å²) in [7, 11) is 1.37. The highest BCUT2D eigenvalue weighted by Crippen LogP contribution is 2.39. The number of nitrogen functional groups attached to an aromatic ring is 1. The number of hydrogen-bond acceptors (Lipinski definition) is 3. The van der Waals surface area contributed by atoms with E-state index in [0.717, 1.165) is 12.1 Å². The maximum absolute atomic E-state index is 13.0. The van der Waals surface area contributed by atoms with E-state index in [0.29, 0.717) is 0 Å². The molecule has 0 saturated carbocycles. The van der Waals surface area contributed by atoms with E-state index in [9.17, 15) is 18.0 Å². The van der Waals surface area contributed by atoms with E-state index < -0.39 is 17.6 Å². The van der Waals surface area contributed by atoms with Crippen molar-refractivity contribution in [1.82, 2.24) is 5.32 Å². The molecule has 0 unspecified atom stereocenters. The van der Waals surface area contributed by atoms with Gasteiger partial charge in [-0.05, 0) is 24.3 Å². The van der Waals surface area contributed by atoms with E-state index in [1.165, 1.54) is 25.4 Å². The zero-order chi connectivity index (χ0) is 14.9. The van der Waals surface area contributed by atoms with Crippen LogP contribution in [0.4, 0.5) is 18.9 Å². The fourth-order valence-corrected chi connectivity index (χ4v) is 1.82. The number of benzene rings is 1. The van der Waals surface area contributed by atoms with Gasteiger partial charge in [0, 0.05) is 18.3 Å². The molecule has 0 bridgehead atoms. The maximum Gasteiger partial charge on any atom is 0.417 e. The average molecular weight is 284 g/mol. The second kappa shape index (κ2) is 4.92. The second-order valence-electron chi connectivity index (χ2n) is 4.04. The van der Waals surface area contributed by atoms with Crippen molar-refractivity contribution in [2.24, 2.45) is 0 Å². The number of halogens is 3. The number of amides is 1. The molecule has 2 rings (SSSR count). The number of nitrogens with one attached hydrogen (secondary N) is 1. The van der Waals surface area contributed by atoms with Gasteiger partial charge in [-0.2, -0.15) is 13.2 Å². The van der Waals surface area contributed by atoms with Crippen molar-refractivity contribution in [3.05, 3.63) is 41.7 Å². The van der Waals surface area contributed by atoms with E-state index in [4.69, 9.17) is 10.2 Å². The predicted molar refractivity (Wildman–Crippen MR) is 66.9 cm³/mol. The zero-order valence-electron chi connectivity index (χ0n) is 10.4. The van der Waals surface area contributed by atoms with Crippen LogP contribution in [0.1, 0.15) is 15.9 Å². The van der Waals surface area contributed by atoms with Gasteiger partial charge in [0.1, 0.15) is 5.76 Å². The fourth-order valence-electron chi connectivity index (χ4n) is 1.82. The third kappa shape index (κ3) is 2.47. The largest absolute Gasteiger partial charge is 0.464 e. The van der Waals surface area contributed by atoms with Crippen LogP contribution in [-0.4, -0.2) is 13.0 Å². The van der Waals surface area contributed by atoms with Gasteiger partial charge in [0.15, 0.2) is 0 Å². The van der Waals surface area contributed by atoms with Gasteiger partial charge in [0.25, 0.3) is 5.91 Å². The lowest BCUT2D eigenvalue weighted by atomic mass is 9.99. The van der Waals surface area contributed by atoms with Crippen LogP contribution in [0.25, 0.3) is 11.3 Å². The Morgan fingerprint density at radius 2 is 2.05 bits per heavy atom. The molecule has 1 aromatic heterocycles. The molecule has 1 aromatic carbocycles. The third-order valence-electron chi connectivity index (χ3n) is 2.75. The van der Waals surface area contributed by atoms with Crippen LogP contribution < -0.4 is 11.1 Å². The van der Waals surface area contributed by atoms with Crippen LogP contribution >= 0.6 is 0 Å². The van der Waals surface area contributed by atoms with Gasteiger partial charge in [-0.25, -0.2) is 0 Å². The molecule has 0 atom stereocenters. The standard InChI is InChI=1S/C13H11F3N2O2/c1-18-12(19)8-5-7(11-3-2-4-20-11)9(6-10(8)17)13(14,15)16/h2-6H,17H2,1H3,(H,18,19). The molecular weight excluding hydrogens is 273 g/mol. The molecule has 20 heavy (non-hydrogen) atoms. The van der Waals surface area contributed by atoms with E-state index in [2.05, 4.69) is 5.32 Å². The van der Waals surface area contributed by atoms with Gasteiger partial charge >= 0.3 is 6.18 Å². The molecule has 0 radical (unpaired) electrons. The first-order valence-corrected chi connectivity index (χ1v) is 5.61. The van der Waals surface area contributed by atoms with Crippen LogP contribution in [0, 0.1) is 0 Å². The van der Waals surface area contributed by atoms with Crippen LogP contribution in [0.3, 0.4) is 0 Å². The van der Waals surface area contributed by atoms with Crippen LogP contribution in [-0.2, 0) is 6.18 Å². The summed E-state index contributed by atoms with van der Waals surface area (Å²) in [6, 6.07) is 4.66. The van der Waals surface area contributed by atoms with Gasteiger partial charge in [-0.15, -0.1) is 0 Å². The van der Waals surface area contributed by atoms with Crippen LogP contribution in [0.15, 0.2) is 34.9 Å². The van der Waals surface area contributed by atoms with Crippen molar-refractivity contribution >= 4 is 11.6 Å². The number of carbonyl (C=O) groups excluding carboxylic acids is 1. The van der Waals surface area contributed by atoms with Crippen molar-refractivity contribution in [3.63, 3.8) is 0 Å². The number of nitrogens with two attached hydrogens (primary N) is 1. The molecule has 106 valence electrons. The lowest BCUT2D eigenvalue weighted by Crippen LogP contribution is -2.20.